The summed E-state index contributed by atoms with van der Waals surface area (Å²) in [4.78, 5) is 0. The van der Waals surface area contributed by atoms with Gasteiger partial charge in [-0.2, -0.15) is 5.10 Å². The summed E-state index contributed by atoms with van der Waals surface area (Å²) in [6.45, 7) is 2.21. The van der Waals surface area contributed by atoms with Crippen LogP contribution in [0.25, 0.3) is 0 Å². The van der Waals surface area contributed by atoms with Crippen LogP contribution in [0.5, 0.6) is 0 Å². The van der Waals surface area contributed by atoms with E-state index in [-0.39, 0.29) is 6.10 Å². The van der Waals surface area contributed by atoms with Crippen molar-refractivity contribution >= 4 is 0 Å². The number of nitrogens with zero attached hydrogens (tertiary/aromatic N) is 2. The third kappa shape index (κ3) is 1.98. The smallest absolute Gasteiger partial charge is 0.0574 e. The van der Waals surface area contributed by atoms with Gasteiger partial charge in [-0.1, -0.05) is 6.92 Å². The van der Waals surface area contributed by atoms with Gasteiger partial charge < -0.3 is 5.11 Å². The van der Waals surface area contributed by atoms with E-state index in [1.54, 1.807) is 0 Å². The van der Waals surface area contributed by atoms with E-state index in [9.17, 15) is 5.11 Å². The van der Waals surface area contributed by atoms with Crippen molar-refractivity contribution in [2.75, 3.05) is 0 Å². The van der Waals surface area contributed by atoms with Gasteiger partial charge in [0.1, 0.15) is 0 Å². The molecule has 0 aromatic carbocycles. The van der Waals surface area contributed by atoms with E-state index in [2.05, 4.69) is 12.0 Å². The Morgan fingerprint density at radius 3 is 2.93 bits per heavy atom. The van der Waals surface area contributed by atoms with Gasteiger partial charge in [0.25, 0.3) is 0 Å². The van der Waals surface area contributed by atoms with Crippen molar-refractivity contribution in [2.45, 2.75) is 32.3 Å². The molecule has 1 N–H and O–H groups in total. The largest absolute Gasteiger partial charge is 0.393 e. The molecule has 1 fully saturated rings. The molecule has 1 aliphatic rings. The van der Waals surface area contributed by atoms with E-state index in [1.807, 2.05) is 24.0 Å². The van der Waals surface area contributed by atoms with Crippen LogP contribution in [0.3, 0.4) is 0 Å². The fourth-order valence-electron chi connectivity index (χ4n) is 2.04. The van der Waals surface area contributed by atoms with Gasteiger partial charge >= 0.3 is 0 Å². The first-order chi connectivity index (χ1) is 6.68. The van der Waals surface area contributed by atoms with Gasteiger partial charge in [0.2, 0.25) is 0 Å². The molecule has 1 aliphatic carbocycles. The highest BCUT2D eigenvalue weighted by molar-refractivity contribution is 5.01. The van der Waals surface area contributed by atoms with Crippen LogP contribution in [-0.4, -0.2) is 21.0 Å². The van der Waals surface area contributed by atoms with Crippen LogP contribution in [0.2, 0.25) is 0 Å². The van der Waals surface area contributed by atoms with E-state index in [4.69, 9.17) is 0 Å². The monoisotopic (exact) mass is 194 g/mol. The van der Waals surface area contributed by atoms with Crippen molar-refractivity contribution in [3.63, 3.8) is 0 Å². The highest BCUT2D eigenvalue weighted by Crippen LogP contribution is 2.41. The maximum atomic E-state index is 9.82. The number of rotatable bonds is 4. The Balaban J connectivity index is 1.80. The second kappa shape index (κ2) is 3.73. The predicted molar refractivity (Wildman–Crippen MR) is 54.8 cm³/mol. The molecule has 0 spiro atoms. The van der Waals surface area contributed by atoms with E-state index in [1.165, 1.54) is 12.1 Å². The number of aromatic nitrogens is 2. The maximum absolute atomic E-state index is 9.82. The van der Waals surface area contributed by atoms with Crippen molar-refractivity contribution in [1.29, 1.82) is 0 Å². The Kier molecular flexibility index (Phi) is 2.59. The Labute approximate surface area is 84.7 Å². The van der Waals surface area contributed by atoms with Crippen LogP contribution in [0.15, 0.2) is 12.3 Å². The lowest BCUT2D eigenvalue weighted by Gasteiger charge is -2.09. The molecule has 1 heterocycles. The fraction of sp³-hybridized carbons (Fsp3) is 0.727. The SMILES string of the molecule is CC1CC1C(O)CCc1ccnn1C. The lowest BCUT2D eigenvalue weighted by Crippen LogP contribution is -2.12. The zero-order valence-electron chi connectivity index (χ0n) is 8.85. The van der Waals surface area contributed by atoms with Gasteiger partial charge in [0.15, 0.2) is 0 Å². The van der Waals surface area contributed by atoms with E-state index < -0.39 is 0 Å². The van der Waals surface area contributed by atoms with Crippen molar-refractivity contribution < 1.29 is 5.11 Å². The van der Waals surface area contributed by atoms with Gasteiger partial charge in [-0.25, -0.2) is 0 Å². The Morgan fingerprint density at radius 2 is 2.43 bits per heavy atom. The highest BCUT2D eigenvalue weighted by Gasteiger charge is 2.38. The molecular formula is C11H18N2O. The minimum Gasteiger partial charge on any atom is -0.393 e. The zero-order valence-corrected chi connectivity index (χ0v) is 8.85. The molecule has 78 valence electrons. The van der Waals surface area contributed by atoms with Crippen molar-refractivity contribution in [3.05, 3.63) is 18.0 Å². The highest BCUT2D eigenvalue weighted by atomic mass is 16.3. The molecule has 1 aromatic rings. The van der Waals surface area contributed by atoms with E-state index in [0.717, 1.165) is 18.8 Å². The van der Waals surface area contributed by atoms with E-state index >= 15 is 0 Å². The molecule has 0 bridgehead atoms. The molecule has 3 atom stereocenters. The molecule has 1 saturated carbocycles. The van der Waals surface area contributed by atoms with E-state index in [0.29, 0.717) is 5.92 Å². The summed E-state index contributed by atoms with van der Waals surface area (Å²) in [6.07, 6.45) is 4.70. The average molecular weight is 194 g/mol. The van der Waals surface area contributed by atoms with Gasteiger partial charge in [0.05, 0.1) is 6.10 Å². The third-order valence-electron chi connectivity index (χ3n) is 3.28. The van der Waals surface area contributed by atoms with Crippen LogP contribution in [0.1, 0.15) is 25.5 Å². The summed E-state index contributed by atoms with van der Waals surface area (Å²) in [5, 5.41) is 13.9. The second-order valence-electron chi connectivity index (χ2n) is 4.43. The molecule has 0 aliphatic heterocycles. The number of hydrogen-bond donors (Lipinski definition) is 1. The number of hydrogen-bond acceptors (Lipinski definition) is 2. The number of aliphatic hydroxyl groups is 1. The molecule has 3 nitrogen and oxygen atoms in total. The first-order valence-electron chi connectivity index (χ1n) is 5.33. The van der Waals surface area contributed by atoms with Gasteiger partial charge in [-0.3, -0.25) is 4.68 Å². The molecule has 0 saturated heterocycles. The topological polar surface area (TPSA) is 38.1 Å². The molecule has 3 unspecified atom stereocenters. The van der Waals surface area contributed by atoms with Gasteiger partial charge in [-0.15, -0.1) is 0 Å². The van der Waals surface area contributed by atoms with Crippen molar-refractivity contribution in [2.24, 2.45) is 18.9 Å². The number of aryl methyl sites for hydroxylation is 2. The molecule has 0 amide bonds. The van der Waals surface area contributed by atoms with Crippen molar-refractivity contribution in [3.8, 4) is 0 Å². The molecule has 1 aromatic heterocycles. The maximum Gasteiger partial charge on any atom is 0.0574 e. The Bertz CT molecular complexity index is 308. The van der Waals surface area contributed by atoms with Gasteiger partial charge in [0, 0.05) is 18.9 Å². The number of aliphatic hydroxyl groups excluding tert-OH is 1. The normalized spacial score (nSPS) is 27.6. The van der Waals surface area contributed by atoms with Crippen LogP contribution < -0.4 is 0 Å². The van der Waals surface area contributed by atoms with Gasteiger partial charge in [-0.05, 0) is 37.2 Å². The Morgan fingerprint density at radius 1 is 1.71 bits per heavy atom. The molecule has 3 heteroatoms. The minimum absolute atomic E-state index is 0.111. The molecule has 2 rings (SSSR count). The summed E-state index contributed by atoms with van der Waals surface area (Å²) >= 11 is 0. The van der Waals surface area contributed by atoms with Crippen LogP contribution in [0.4, 0.5) is 0 Å². The summed E-state index contributed by atoms with van der Waals surface area (Å²) in [7, 11) is 1.95. The second-order valence-corrected chi connectivity index (χ2v) is 4.43. The van der Waals surface area contributed by atoms with Crippen LogP contribution >= 0.6 is 0 Å². The quantitative estimate of drug-likeness (QED) is 0.786. The van der Waals surface area contributed by atoms with Crippen molar-refractivity contribution in [1.82, 2.24) is 9.78 Å². The summed E-state index contributed by atoms with van der Waals surface area (Å²) in [5.74, 6) is 1.29. The lowest BCUT2D eigenvalue weighted by atomic mass is 10.1. The summed E-state index contributed by atoms with van der Waals surface area (Å²) in [5.41, 5.74) is 1.21. The van der Waals surface area contributed by atoms with Crippen LogP contribution in [0, 0.1) is 11.8 Å². The lowest BCUT2D eigenvalue weighted by molar-refractivity contribution is 0.136. The molecule has 0 radical (unpaired) electrons. The summed E-state index contributed by atoms with van der Waals surface area (Å²) < 4.78 is 1.88. The third-order valence-corrected chi connectivity index (χ3v) is 3.28. The molecular weight excluding hydrogens is 176 g/mol. The molecule has 14 heavy (non-hydrogen) atoms. The summed E-state index contributed by atoms with van der Waals surface area (Å²) in [6, 6.07) is 2.02. The Hall–Kier alpha value is -0.830. The first kappa shape index (κ1) is 9.71. The first-order valence-corrected chi connectivity index (χ1v) is 5.33. The zero-order chi connectivity index (χ0) is 10.1. The average Bonchev–Trinajstić information content (AvgIpc) is 2.74. The predicted octanol–water partition coefficient (Wildman–Crippen LogP) is 1.37. The fourth-order valence-corrected chi connectivity index (χ4v) is 2.04. The standard InChI is InChI=1S/C11H18N2O/c1-8-7-10(8)11(14)4-3-9-5-6-12-13(9)2/h5-6,8,10-11,14H,3-4,7H2,1-2H3. The van der Waals surface area contributed by atoms with Crippen LogP contribution in [-0.2, 0) is 13.5 Å². The minimum atomic E-state index is -0.111.